The second kappa shape index (κ2) is 7.41. The molecule has 0 radical (unpaired) electrons. The molecule has 2 heterocycles. The average molecular weight is 294 g/mol. The Labute approximate surface area is 130 Å². The highest BCUT2D eigenvalue weighted by atomic mass is 16.5. The first-order valence-corrected chi connectivity index (χ1v) is 7.34. The summed E-state index contributed by atoms with van der Waals surface area (Å²) >= 11 is 0. The van der Waals surface area contributed by atoms with Crippen molar-refractivity contribution in [1.29, 1.82) is 0 Å². The van der Waals surface area contributed by atoms with Crippen molar-refractivity contribution in [2.45, 2.75) is 6.04 Å². The van der Waals surface area contributed by atoms with Gasteiger partial charge in [0.05, 0.1) is 6.54 Å². The predicted octanol–water partition coefficient (Wildman–Crippen LogP) is 3.25. The van der Waals surface area contributed by atoms with Crippen LogP contribution < -0.4 is 0 Å². The molecule has 0 saturated carbocycles. The molecule has 0 aliphatic carbocycles. The third-order valence-electron chi connectivity index (χ3n) is 3.34. The minimum Gasteiger partial charge on any atom is -0.482 e. The third-order valence-corrected chi connectivity index (χ3v) is 3.34. The Morgan fingerprint density at radius 2 is 1.64 bits per heavy atom. The fourth-order valence-corrected chi connectivity index (χ4v) is 2.22. The normalized spacial score (nSPS) is 18.7. The molecular formula is C18H18N2O2. The highest BCUT2D eigenvalue weighted by molar-refractivity contribution is 5.95. The maximum absolute atomic E-state index is 5.66. The zero-order valence-electron chi connectivity index (χ0n) is 12.3. The molecule has 0 spiro atoms. The molecule has 2 aliphatic rings. The van der Waals surface area contributed by atoms with Crippen LogP contribution in [0.1, 0.15) is 17.2 Å². The van der Waals surface area contributed by atoms with Gasteiger partial charge in [-0.3, -0.25) is 4.99 Å². The first-order valence-electron chi connectivity index (χ1n) is 7.34. The molecule has 0 N–H and O–H groups in total. The van der Waals surface area contributed by atoms with Gasteiger partial charge < -0.3 is 9.47 Å². The van der Waals surface area contributed by atoms with E-state index in [1.54, 1.807) is 0 Å². The monoisotopic (exact) mass is 294 g/mol. The highest BCUT2D eigenvalue weighted by Gasteiger charge is 2.20. The van der Waals surface area contributed by atoms with Crippen LogP contribution in [0.15, 0.2) is 70.6 Å². The van der Waals surface area contributed by atoms with Crippen LogP contribution in [0, 0.1) is 0 Å². The van der Waals surface area contributed by atoms with E-state index in [-0.39, 0.29) is 6.04 Å². The van der Waals surface area contributed by atoms with Gasteiger partial charge in [-0.2, -0.15) is 0 Å². The van der Waals surface area contributed by atoms with E-state index in [1.807, 2.05) is 48.5 Å². The molecule has 0 saturated heterocycles. The van der Waals surface area contributed by atoms with Gasteiger partial charge in [-0.05, 0) is 17.7 Å². The van der Waals surface area contributed by atoms with Gasteiger partial charge in [0, 0.05) is 5.56 Å². The summed E-state index contributed by atoms with van der Waals surface area (Å²) < 4.78 is 10.3. The Morgan fingerprint density at radius 1 is 0.909 bits per heavy atom. The van der Waals surface area contributed by atoms with Crippen LogP contribution in [0.25, 0.3) is 0 Å². The number of ether oxygens (including phenoxy) is 2. The van der Waals surface area contributed by atoms with E-state index in [9.17, 15) is 0 Å². The molecule has 2 aromatic rings. The maximum atomic E-state index is 5.66. The minimum absolute atomic E-state index is 0.131. The van der Waals surface area contributed by atoms with Crippen LogP contribution >= 0.6 is 0 Å². The summed E-state index contributed by atoms with van der Waals surface area (Å²) in [4.78, 5) is 8.36. The molecule has 0 fully saturated rings. The first-order chi connectivity index (χ1) is 10.9. The lowest BCUT2D eigenvalue weighted by molar-refractivity contribution is 0.320. The molecule has 4 nitrogen and oxygen atoms in total. The number of hydrogen-bond donors (Lipinski definition) is 0. The average Bonchev–Trinajstić information content (AvgIpc) is 3.31. The molecule has 2 aromatic carbocycles. The summed E-state index contributed by atoms with van der Waals surface area (Å²) in [5.74, 6) is 0.749. The zero-order chi connectivity index (χ0) is 15.0. The number of nitrogens with zero attached hydrogens (tertiary/aromatic N) is 2. The second-order valence-corrected chi connectivity index (χ2v) is 4.92. The van der Waals surface area contributed by atoms with Gasteiger partial charge in [0.1, 0.15) is 19.3 Å². The minimum atomic E-state index is 0.131. The van der Waals surface area contributed by atoms with E-state index in [0.29, 0.717) is 6.61 Å². The van der Waals surface area contributed by atoms with Crippen molar-refractivity contribution in [2.75, 3.05) is 19.8 Å². The zero-order valence-corrected chi connectivity index (χ0v) is 12.3. The topological polar surface area (TPSA) is 43.2 Å². The quantitative estimate of drug-likeness (QED) is 0.853. The second-order valence-electron chi connectivity index (χ2n) is 4.92. The lowest BCUT2D eigenvalue weighted by Gasteiger charge is -2.03. The van der Waals surface area contributed by atoms with E-state index in [4.69, 9.17) is 4.74 Å². The lowest BCUT2D eigenvalue weighted by Crippen LogP contribution is -2.00. The van der Waals surface area contributed by atoms with Gasteiger partial charge in [-0.1, -0.05) is 48.5 Å². The largest absolute Gasteiger partial charge is 0.482 e. The number of aliphatic imine (C=N–C) groups is 2. The molecule has 4 heteroatoms. The molecule has 2 aliphatic heterocycles. The van der Waals surface area contributed by atoms with E-state index in [2.05, 4.69) is 26.9 Å². The van der Waals surface area contributed by atoms with Crippen LogP contribution in [-0.2, 0) is 9.47 Å². The Kier molecular flexibility index (Phi) is 4.82. The van der Waals surface area contributed by atoms with E-state index < -0.39 is 0 Å². The van der Waals surface area contributed by atoms with E-state index in [1.165, 1.54) is 12.0 Å². The summed E-state index contributed by atoms with van der Waals surface area (Å²) in [6.45, 7) is 2.26. The van der Waals surface area contributed by atoms with Crippen molar-refractivity contribution in [3.8, 4) is 0 Å². The standard InChI is InChI=1S/C15H13NO.C3H5NO/c1-3-7-12(8-4-1)14-11-17-15(16-14)13-9-5-2-6-10-13;1-2-5-3-4-1/h1-10,14H,11H2;3H,1-2H2. The van der Waals surface area contributed by atoms with Crippen LogP contribution in [0.4, 0.5) is 0 Å². The SMILES string of the molecule is C1=NCCO1.c1ccc(C2=NC(c3ccccc3)CO2)cc1. The van der Waals surface area contributed by atoms with Gasteiger partial charge in [0.2, 0.25) is 5.90 Å². The fourth-order valence-electron chi connectivity index (χ4n) is 2.22. The van der Waals surface area contributed by atoms with E-state index >= 15 is 0 Å². The molecule has 112 valence electrons. The van der Waals surface area contributed by atoms with Gasteiger partial charge in [-0.25, -0.2) is 4.99 Å². The summed E-state index contributed by atoms with van der Waals surface area (Å²) in [6, 6.07) is 20.4. The molecule has 1 atom stereocenters. The Bertz CT molecular complexity index is 633. The van der Waals surface area contributed by atoms with Gasteiger partial charge >= 0.3 is 0 Å². The summed E-state index contributed by atoms with van der Waals surface area (Å²) in [6.07, 6.45) is 1.49. The van der Waals surface area contributed by atoms with Crippen molar-refractivity contribution in [3.63, 3.8) is 0 Å². The molecule has 0 bridgehead atoms. The Hall–Kier alpha value is -2.62. The van der Waals surface area contributed by atoms with Crippen molar-refractivity contribution >= 4 is 12.3 Å². The van der Waals surface area contributed by atoms with Crippen molar-refractivity contribution < 1.29 is 9.47 Å². The van der Waals surface area contributed by atoms with Crippen molar-refractivity contribution in [1.82, 2.24) is 0 Å². The Morgan fingerprint density at radius 3 is 2.23 bits per heavy atom. The van der Waals surface area contributed by atoms with Crippen LogP contribution in [0.5, 0.6) is 0 Å². The van der Waals surface area contributed by atoms with Gasteiger partial charge in [0.15, 0.2) is 6.40 Å². The number of rotatable bonds is 2. The van der Waals surface area contributed by atoms with Gasteiger partial charge in [-0.15, -0.1) is 0 Å². The molecule has 0 amide bonds. The number of benzene rings is 2. The smallest absolute Gasteiger partial charge is 0.216 e. The molecule has 1 unspecified atom stereocenters. The van der Waals surface area contributed by atoms with Crippen molar-refractivity contribution in [3.05, 3.63) is 71.8 Å². The molecular weight excluding hydrogens is 276 g/mol. The van der Waals surface area contributed by atoms with E-state index in [0.717, 1.165) is 24.6 Å². The summed E-state index contributed by atoms with van der Waals surface area (Å²) in [5.41, 5.74) is 2.25. The first kappa shape index (κ1) is 14.3. The maximum Gasteiger partial charge on any atom is 0.216 e. The molecule has 0 aromatic heterocycles. The summed E-state index contributed by atoms with van der Waals surface area (Å²) in [5, 5.41) is 0. The van der Waals surface area contributed by atoms with Crippen LogP contribution in [-0.4, -0.2) is 32.1 Å². The third kappa shape index (κ3) is 3.73. The predicted molar refractivity (Wildman–Crippen MR) is 87.4 cm³/mol. The van der Waals surface area contributed by atoms with Gasteiger partial charge in [0.25, 0.3) is 0 Å². The molecule has 22 heavy (non-hydrogen) atoms. The Balaban J connectivity index is 0.000000246. The lowest BCUT2D eigenvalue weighted by atomic mass is 10.1. The number of hydrogen-bond acceptors (Lipinski definition) is 4. The highest BCUT2D eigenvalue weighted by Crippen LogP contribution is 2.24. The van der Waals surface area contributed by atoms with Crippen LogP contribution in [0.2, 0.25) is 0 Å². The fraction of sp³-hybridized carbons (Fsp3) is 0.222. The van der Waals surface area contributed by atoms with Crippen LogP contribution in [0.3, 0.4) is 0 Å². The summed E-state index contributed by atoms with van der Waals surface area (Å²) in [7, 11) is 0. The van der Waals surface area contributed by atoms with Crippen molar-refractivity contribution in [2.24, 2.45) is 9.98 Å². The molecule has 4 rings (SSSR count).